The molecule has 0 amide bonds. The maximum atomic E-state index is 8.19. The van der Waals surface area contributed by atoms with Gasteiger partial charge in [-0.05, 0) is 0 Å². The van der Waals surface area contributed by atoms with E-state index in [0.717, 1.165) is 6.42 Å². The number of nitrogens with zero attached hydrogens (tertiary/aromatic N) is 2. The van der Waals surface area contributed by atoms with Crippen LogP contribution in [0.2, 0.25) is 0 Å². The summed E-state index contributed by atoms with van der Waals surface area (Å²) >= 11 is 0. The van der Waals surface area contributed by atoms with Gasteiger partial charge in [0.25, 0.3) is 5.71 Å². The largest absolute Gasteiger partial charge is 0.361 e. The van der Waals surface area contributed by atoms with E-state index < -0.39 is 0 Å². The Hall–Kier alpha value is -1.14. The molecule has 1 rings (SSSR count). The summed E-state index contributed by atoms with van der Waals surface area (Å²) in [7, 11) is 0. The molecule has 48 valence electrons. The van der Waals surface area contributed by atoms with E-state index >= 15 is 0 Å². The van der Waals surface area contributed by atoms with Crippen LogP contribution in [0.3, 0.4) is 0 Å². The average molecular weight is 122 g/mol. The van der Waals surface area contributed by atoms with Crippen molar-refractivity contribution in [2.75, 3.05) is 0 Å². The zero-order chi connectivity index (χ0) is 5.82. The maximum Gasteiger partial charge on any atom is 0.295 e. The van der Waals surface area contributed by atoms with Crippen LogP contribution in [-0.4, -0.2) is 10.5 Å². The lowest BCUT2D eigenvalue weighted by Gasteiger charge is -1.85. The predicted octanol–water partition coefficient (Wildman–Crippen LogP) is 1.81. The normalized spacial score (nSPS) is 14.4. The maximum absolute atomic E-state index is 8.19. The first-order valence-electron chi connectivity index (χ1n) is 2.47. The van der Waals surface area contributed by atoms with Crippen molar-refractivity contribution in [3.05, 3.63) is 29.8 Å². The molecule has 0 aliphatic heterocycles. The minimum Gasteiger partial charge on any atom is -0.361 e. The minimum atomic E-state index is 0. The molecule has 0 saturated heterocycles. The third-order valence-electron chi connectivity index (χ3n) is 0.991. The molecule has 0 saturated carbocycles. The Morgan fingerprint density at radius 1 is 1.44 bits per heavy atom. The fraction of sp³-hybridized carbons (Fsp3) is 0.286. The Morgan fingerprint density at radius 3 is 2.56 bits per heavy atom. The topological polar surface area (TPSA) is 36.4 Å². The molecule has 0 N–H and O–H groups in total. The Labute approximate surface area is 55.1 Å². The van der Waals surface area contributed by atoms with Gasteiger partial charge in [-0.15, -0.1) is 0 Å². The van der Waals surface area contributed by atoms with Crippen LogP contribution in [-0.2, 0) is 0 Å². The molecule has 0 atom stereocenters. The van der Waals surface area contributed by atoms with Crippen molar-refractivity contribution < 1.29 is 4.79 Å². The van der Waals surface area contributed by atoms with E-state index in [9.17, 15) is 0 Å². The molecule has 0 fully saturated rings. The molecule has 2 heteroatoms. The quantitative estimate of drug-likeness (QED) is 0.347. The SMILES string of the molecule is C.[N-]=[N+]=C1C=CC=CC1. The lowest BCUT2D eigenvalue weighted by atomic mass is 10.2. The van der Waals surface area contributed by atoms with Crippen LogP contribution < -0.4 is 0 Å². The van der Waals surface area contributed by atoms with Gasteiger partial charge >= 0.3 is 0 Å². The van der Waals surface area contributed by atoms with E-state index in [2.05, 4.69) is 4.79 Å². The van der Waals surface area contributed by atoms with Crippen molar-refractivity contribution in [2.24, 2.45) is 0 Å². The van der Waals surface area contributed by atoms with Crippen molar-refractivity contribution in [1.29, 1.82) is 0 Å². The van der Waals surface area contributed by atoms with E-state index in [4.69, 9.17) is 5.53 Å². The molecule has 0 spiro atoms. The van der Waals surface area contributed by atoms with Crippen molar-refractivity contribution >= 4 is 5.71 Å². The molecule has 0 aromatic rings. The van der Waals surface area contributed by atoms with Gasteiger partial charge in [-0.2, -0.15) is 4.79 Å². The minimum absolute atomic E-state index is 0. The highest BCUT2D eigenvalue weighted by Gasteiger charge is 1.99. The molecular weight excluding hydrogens is 112 g/mol. The van der Waals surface area contributed by atoms with Crippen LogP contribution in [0.1, 0.15) is 13.8 Å². The van der Waals surface area contributed by atoms with Gasteiger partial charge in [0.1, 0.15) is 0 Å². The summed E-state index contributed by atoms with van der Waals surface area (Å²) < 4.78 is 0. The van der Waals surface area contributed by atoms with Crippen molar-refractivity contribution in [1.82, 2.24) is 0 Å². The number of rotatable bonds is 0. The monoisotopic (exact) mass is 122 g/mol. The molecule has 0 radical (unpaired) electrons. The molecule has 0 aromatic heterocycles. The zero-order valence-electron chi connectivity index (χ0n) is 4.41. The molecular formula is C7H10N2. The van der Waals surface area contributed by atoms with Crippen LogP contribution >= 0.6 is 0 Å². The average Bonchev–Trinajstić information content (AvgIpc) is 1.90. The molecule has 9 heavy (non-hydrogen) atoms. The summed E-state index contributed by atoms with van der Waals surface area (Å²) in [6.07, 6.45) is 8.23. The summed E-state index contributed by atoms with van der Waals surface area (Å²) in [6.45, 7) is 0. The van der Waals surface area contributed by atoms with Gasteiger partial charge in [0.15, 0.2) is 0 Å². The third kappa shape index (κ3) is 2.06. The molecule has 0 heterocycles. The van der Waals surface area contributed by atoms with Gasteiger partial charge in [0, 0.05) is 6.08 Å². The Morgan fingerprint density at radius 2 is 2.22 bits per heavy atom. The molecule has 2 nitrogen and oxygen atoms in total. The van der Waals surface area contributed by atoms with Crippen molar-refractivity contribution in [3.8, 4) is 0 Å². The first-order valence-corrected chi connectivity index (χ1v) is 2.47. The Kier molecular flexibility index (Phi) is 3.33. The first-order chi connectivity index (χ1) is 3.93. The van der Waals surface area contributed by atoms with E-state index in [-0.39, 0.29) is 7.43 Å². The van der Waals surface area contributed by atoms with Crippen molar-refractivity contribution in [3.63, 3.8) is 0 Å². The molecule has 0 bridgehead atoms. The van der Waals surface area contributed by atoms with Gasteiger partial charge in [0.05, 0.1) is 6.42 Å². The first kappa shape index (κ1) is 7.86. The van der Waals surface area contributed by atoms with E-state index in [1.807, 2.05) is 18.2 Å². The highest BCUT2D eigenvalue weighted by Crippen LogP contribution is 1.94. The number of hydrogen-bond donors (Lipinski definition) is 0. The number of hydrogen-bond acceptors (Lipinski definition) is 0. The third-order valence-corrected chi connectivity index (χ3v) is 0.991. The number of allylic oxidation sites excluding steroid dienone is 4. The summed E-state index contributed by atoms with van der Waals surface area (Å²) in [6, 6.07) is 0. The Bertz CT molecular complexity index is 183. The smallest absolute Gasteiger partial charge is 0.295 e. The van der Waals surface area contributed by atoms with Crippen LogP contribution in [0.4, 0.5) is 0 Å². The van der Waals surface area contributed by atoms with E-state index in [1.54, 1.807) is 6.08 Å². The van der Waals surface area contributed by atoms with Gasteiger partial charge in [0.2, 0.25) is 0 Å². The van der Waals surface area contributed by atoms with Gasteiger partial charge in [-0.1, -0.05) is 25.7 Å². The molecule has 1 aliphatic rings. The predicted molar refractivity (Wildman–Crippen MR) is 38.3 cm³/mol. The lowest BCUT2D eigenvalue weighted by Crippen LogP contribution is -1.93. The van der Waals surface area contributed by atoms with Gasteiger partial charge < -0.3 is 5.53 Å². The zero-order valence-corrected chi connectivity index (χ0v) is 4.41. The molecule has 0 aromatic carbocycles. The van der Waals surface area contributed by atoms with Crippen LogP contribution in [0.15, 0.2) is 24.3 Å². The second-order valence-corrected chi connectivity index (χ2v) is 1.58. The Balaban J connectivity index is 0.000000640. The fourth-order valence-corrected chi connectivity index (χ4v) is 0.576. The second kappa shape index (κ2) is 3.81. The highest BCUT2D eigenvalue weighted by molar-refractivity contribution is 5.92. The van der Waals surface area contributed by atoms with Crippen molar-refractivity contribution in [2.45, 2.75) is 13.8 Å². The highest BCUT2D eigenvalue weighted by atomic mass is 14.8. The van der Waals surface area contributed by atoms with E-state index in [1.165, 1.54) is 0 Å². The second-order valence-electron chi connectivity index (χ2n) is 1.58. The summed E-state index contributed by atoms with van der Waals surface area (Å²) in [5.74, 6) is 0. The van der Waals surface area contributed by atoms with Crippen LogP contribution in [0.25, 0.3) is 5.53 Å². The van der Waals surface area contributed by atoms with Gasteiger partial charge in [-0.25, -0.2) is 0 Å². The summed E-state index contributed by atoms with van der Waals surface area (Å²) in [5, 5.41) is 0. The lowest BCUT2D eigenvalue weighted by molar-refractivity contribution is -0.00537. The van der Waals surface area contributed by atoms with Gasteiger partial charge in [-0.3, -0.25) is 0 Å². The van der Waals surface area contributed by atoms with E-state index in [0.29, 0.717) is 5.71 Å². The standard InChI is InChI=1S/C6H6N2.CH4/c7-8-6-4-2-1-3-5-6;/h1-4H,5H2;1H4. The summed E-state index contributed by atoms with van der Waals surface area (Å²) in [4.78, 5) is 3.03. The molecule has 0 unspecified atom stereocenters. The summed E-state index contributed by atoms with van der Waals surface area (Å²) in [5.41, 5.74) is 8.91. The van der Waals surface area contributed by atoms with Crippen LogP contribution in [0, 0.1) is 0 Å². The van der Waals surface area contributed by atoms with Crippen LogP contribution in [0.5, 0.6) is 0 Å². The fourth-order valence-electron chi connectivity index (χ4n) is 0.576. The molecule has 1 aliphatic carbocycles.